The second-order valence-corrected chi connectivity index (χ2v) is 7.35. The Hall–Kier alpha value is -0.400. The number of imidazole rings is 1. The first-order valence-electron chi connectivity index (χ1n) is 7.13. The van der Waals surface area contributed by atoms with Crippen LogP contribution in [0, 0.1) is 15.3 Å². The lowest BCUT2D eigenvalue weighted by atomic mass is 10.0. The number of fused-ring (bicyclic) bond motifs is 1. The number of nitrogens with zero attached hydrogens (tertiary/aromatic N) is 2. The molecule has 0 spiro atoms. The third-order valence-electron chi connectivity index (χ3n) is 3.87. The van der Waals surface area contributed by atoms with Gasteiger partial charge < -0.3 is 9.30 Å². The Morgan fingerprint density at radius 3 is 3.05 bits per heavy atom. The largest absolute Gasteiger partial charge is 0.381 e. The molecule has 2 atom stereocenters. The molecule has 1 aromatic carbocycles. The number of alkyl halides is 1. The van der Waals surface area contributed by atoms with Crippen LogP contribution in [0.1, 0.15) is 31.0 Å². The molecule has 114 valence electrons. The molecule has 6 heteroatoms. The van der Waals surface area contributed by atoms with E-state index in [1.54, 1.807) is 12.1 Å². The molecular weight excluding hydrogens is 406 g/mol. The molecule has 0 N–H and O–H groups in total. The number of aromatic nitrogens is 2. The van der Waals surface area contributed by atoms with Crippen molar-refractivity contribution in [3.8, 4) is 0 Å². The van der Waals surface area contributed by atoms with Gasteiger partial charge in [0.15, 0.2) is 0 Å². The first-order valence-corrected chi connectivity index (χ1v) is 8.64. The highest BCUT2D eigenvalue weighted by Crippen LogP contribution is 2.29. The van der Waals surface area contributed by atoms with Crippen molar-refractivity contribution in [2.45, 2.75) is 31.7 Å². The summed E-state index contributed by atoms with van der Waals surface area (Å²) in [6.45, 7) is 4.27. The van der Waals surface area contributed by atoms with E-state index in [0.29, 0.717) is 9.49 Å². The van der Waals surface area contributed by atoms with Gasteiger partial charge in [0.05, 0.1) is 26.6 Å². The summed E-state index contributed by atoms with van der Waals surface area (Å²) < 4.78 is 22.1. The fraction of sp³-hybridized carbons (Fsp3) is 0.533. The monoisotopic (exact) mass is 422 g/mol. The molecule has 21 heavy (non-hydrogen) atoms. The van der Waals surface area contributed by atoms with Crippen molar-refractivity contribution in [1.29, 1.82) is 0 Å². The minimum Gasteiger partial charge on any atom is -0.381 e. The van der Waals surface area contributed by atoms with E-state index >= 15 is 0 Å². The van der Waals surface area contributed by atoms with Crippen LogP contribution in [-0.4, -0.2) is 22.8 Å². The third kappa shape index (κ3) is 3.19. The van der Waals surface area contributed by atoms with E-state index < -0.39 is 0 Å². The molecule has 0 amide bonds. The van der Waals surface area contributed by atoms with Crippen LogP contribution in [0.15, 0.2) is 12.1 Å². The maximum Gasteiger partial charge on any atom is 0.138 e. The number of halogens is 3. The topological polar surface area (TPSA) is 27.1 Å². The number of rotatable bonds is 3. The Morgan fingerprint density at radius 1 is 1.57 bits per heavy atom. The zero-order valence-electron chi connectivity index (χ0n) is 11.8. The van der Waals surface area contributed by atoms with E-state index in [2.05, 4.69) is 9.55 Å². The van der Waals surface area contributed by atoms with E-state index in [-0.39, 0.29) is 11.2 Å². The quantitative estimate of drug-likeness (QED) is 0.538. The summed E-state index contributed by atoms with van der Waals surface area (Å²) in [5, 5.41) is -0.206. The molecule has 0 bridgehead atoms. The normalized spacial score (nSPS) is 20.9. The molecule has 3 rings (SSSR count). The van der Waals surface area contributed by atoms with Crippen LogP contribution in [0.25, 0.3) is 11.0 Å². The standard InChI is InChI=1S/C15H17ClFIN2O/c1-9(16)15-19-13-6-12(18)11(17)5-14(13)20(15)7-10-3-2-4-21-8-10/h5-6,9-10H,2-4,7-8H2,1H3. The van der Waals surface area contributed by atoms with Crippen LogP contribution in [0.2, 0.25) is 0 Å². The molecule has 1 saturated heterocycles. The lowest BCUT2D eigenvalue weighted by Crippen LogP contribution is -2.23. The fourth-order valence-electron chi connectivity index (χ4n) is 2.84. The zero-order valence-corrected chi connectivity index (χ0v) is 14.7. The molecule has 1 aliphatic rings. The first kappa shape index (κ1) is 15.5. The summed E-state index contributed by atoms with van der Waals surface area (Å²) in [5.41, 5.74) is 1.63. The van der Waals surface area contributed by atoms with Gasteiger partial charge in [-0.1, -0.05) is 0 Å². The maximum atomic E-state index is 13.9. The van der Waals surface area contributed by atoms with E-state index in [4.69, 9.17) is 16.3 Å². The van der Waals surface area contributed by atoms with Crippen molar-refractivity contribution >= 4 is 45.2 Å². The first-order chi connectivity index (χ1) is 10.1. The van der Waals surface area contributed by atoms with Gasteiger partial charge in [0.1, 0.15) is 11.6 Å². The van der Waals surface area contributed by atoms with Gasteiger partial charge >= 0.3 is 0 Å². The van der Waals surface area contributed by atoms with Gasteiger partial charge in [0.2, 0.25) is 0 Å². The van der Waals surface area contributed by atoms with Crippen molar-refractivity contribution in [3.05, 3.63) is 27.3 Å². The molecule has 3 nitrogen and oxygen atoms in total. The summed E-state index contributed by atoms with van der Waals surface area (Å²) >= 11 is 8.26. The van der Waals surface area contributed by atoms with Crippen LogP contribution >= 0.6 is 34.2 Å². The number of ether oxygens (including phenoxy) is 1. The molecule has 2 heterocycles. The highest BCUT2D eigenvalue weighted by atomic mass is 127. The zero-order chi connectivity index (χ0) is 15.0. The van der Waals surface area contributed by atoms with E-state index in [1.165, 1.54) is 0 Å². The van der Waals surface area contributed by atoms with E-state index in [0.717, 1.165) is 49.5 Å². The summed E-state index contributed by atoms with van der Waals surface area (Å²) in [6.07, 6.45) is 2.21. The highest BCUT2D eigenvalue weighted by molar-refractivity contribution is 14.1. The molecule has 1 aliphatic heterocycles. The second kappa shape index (κ2) is 6.38. The Labute approximate surface area is 142 Å². The van der Waals surface area contributed by atoms with Crippen molar-refractivity contribution in [1.82, 2.24) is 9.55 Å². The predicted octanol–water partition coefficient (Wildman–Crippen LogP) is 4.51. The minimum absolute atomic E-state index is 0.206. The number of benzene rings is 1. The Balaban J connectivity index is 2.04. The van der Waals surface area contributed by atoms with Crippen LogP contribution < -0.4 is 0 Å². The van der Waals surface area contributed by atoms with Crippen molar-refractivity contribution in [2.75, 3.05) is 13.2 Å². The van der Waals surface area contributed by atoms with Crippen molar-refractivity contribution < 1.29 is 9.13 Å². The molecule has 1 fully saturated rings. The van der Waals surface area contributed by atoms with Crippen LogP contribution in [0.5, 0.6) is 0 Å². The van der Waals surface area contributed by atoms with Gasteiger partial charge in [0.25, 0.3) is 0 Å². The maximum absolute atomic E-state index is 13.9. The molecule has 0 saturated carbocycles. The average molecular weight is 423 g/mol. The van der Waals surface area contributed by atoms with Crippen LogP contribution in [0.4, 0.5) is 4.39 Å². The van der Waals surface area contributed by atoms with E-state index in [1.807, 2.05) is 29.5 Å². The number of hydrogen-bond acceptors (Lipinski definition) is 2. The third-order valence-corrected chi connectivity index (χ3v) is 4.89. The summed E-state index contributed by atoms with van der Waals surface area (Å²) in [7, 11) is 0. The second-order valence-electron chi connectivity index (χ2n) is 5.53. The average Bonchev–Trinajstić information content (AvgIpc) is 2.79. The summed E-state index contributed by atoms with van der Waals surface area (Å²) in [5.74, 6) is 1.03. The van der Waals surface area contributed by atoms with Gasteiger partial charge in [-0.05, 0) is 48.4 Å². The summed E-state index contributed by atoms with van der Waals surface area (Å²) in [6, 6.07) is 3.35. The Morgan fingerprint density at radius 2 is 2.38 bits per heavy atom. The molecular formula is C15H17ClFIN2O. The molecule has 0 aliphatic carbocycles. The Kier molecular flexibility index (Phi) is 4.71. The van der Waals surface area contributed by atoms with Crippen LogP contribution in [-0.2, 0) is 11.3 Å². The molecule has 0 radical (unpaired) electrons. The van der Waals surface area contributed by atoms with E-state index in [9.17, 15) is 4.39 Å². The molecule has 2 aromatic rings. The highest BCUT2D eigenvalue weighted by Gasteiger charge is 2.21. The van der Waals surface area contributed by atoms with Gasteiger partial charge in [-0.25, -0.2) is 9.37 Å². The number of hydrogen-bond donors (Lipinski definition) is 0. The van der Waals surface area contributed by atoms with Crippen LogP contribution in [0.3, 0.4) is 0 Å². The smallest absolute Gasteiger partial charge is 0.138 e. The van der Waals surface area contributed by atoms with Crippen molar-refractivity contribution in [3.63, 3.8) is 0 Å². The van der Waals surface area contributed by atoms with Gasteiger partial charge in [-0.2, -0.15) is 0 Å². The Bertz CT molecular complexity index is 653. The molecule has 1 aromatic heterocycles. The van der Waals surface area contributed by atoms with Gasteiger partial charge in [0, 0.05) is 25.1 Å². The summed E-state index contributed by atoms with van der Waals surface area (Å²) in [4.78, 5) is 4.60. The predicted molar refractivity (Wildman–Crippen MR) is 90.2 cm³/mol. The SMILES string of the molecule is CC(Cl)c1nc2cc(I)c(F)cc2n1CC1CCCOC1. The van der Waals surface area contributed by atoms with Gasteiger partial charge in [-0.15, -0.1) is 11.6 Å². The molecule has 2 unspecified atom stereocenters. The lowest BCUT2D eigenvalue weighted by Gasteiger charge is -2.24. The lowest BCUT2D eigenvalue weighted by molar-refractivity contribution is 0.0485. The fourth-order valence-corrected chi connectivity index (χ4v) is 3.46. The minimum atomic E-state index is -0.210. The van der Waals surface area contributed by atoms with Gasteiger partial charge in [-0.3, -0.25) is 0 Å². The van der Waals surface area contributed by atoms with Crippen molar-refractivity contribution in [2.24, 2.45) is 5.92 Å².